The smallest absolute Gasteiger partial charge is 0.253 e. The van der Waals surface area contributed by atoms with Crippen molar-refractivity contribution in [1.82, 2.24) is 15.2 Å². The fourth-order valence-corrected chi connectivity index (χ4v) is 5.74. The number of nitrogens with one attached hydrogen (secondary N) is 1. The molecule has 5 unspecified atom stereocenters. The van der Waals surface area contributed by atoms with Crippen LogP contribution >= 0.6 is 0 Å². The van der Waals surface area contributed by atoms with Gasteiger partial charge in [-0.1, -0.05) is 69.8 Å². The summed E-state index contributed by atoms with van der Waals surface area (Å²) < 4.78 is 35.4. The molecule has 1 aromatic heterocycles. The number of rotatable bonds is 6. The van der Waals surface area contributed by atoms with E-state index in [1.165, 1.54) is 12.1 Å². The summed E-state index contributed by atoms with van der Waals surface area (Å²) in [6.45, 7) is 10.00. The molecule has 200 valence electrons. The predicted octanol–water partition coefficient (Wildman–Crippen LogP) is 4.93. The number of aliphatic hydroxyl groups excluding tert-OH is 1. The summed E-state index contributed by atoms with van der Waals surface area (Å²) in [6.07, 6.45) is -0.544. The number of piperidine rings is 1. The number of aromatic nitrogens is 1. The van der Waals surface area contributed by atoms with Crippen molar-refractivity contribution in [3.05, 3.63) is 83.5 Å². The molecule has 2 aliphatic rings. The van der Waals surface area contributed by atoms with Gasteiger partial charge in [-0.2, -0.15) is 0 Å². The van der Waals surface area contributed by atoms with E-state index in [0.29, 0.717) is 29.0 Å². The molecule has 0 aliphatic carbocycles. The Hall–Kier alpha value is -3.36. The van der Waals surface area contributed by atoms with E-state index in [-0.39, 0.29) is 19.0 Å². The molecule has 2 fully saturated rings. The van der Waals surface area contributed by atoms with Gasteiger partial charge < -0.3 is 19.7 Å². The van der Waals surface area contributed by atoms with E-state index >= 15 is 0 Å². The second-order valence-electron chi connectivity index (χ2n) is 11.2. The average molecular weight is 522 g/mol. The van der Waals surface area contributed by atoms with Crippen LogP contribution in [0.4, 0.5) is 8.78 Å². The molecular formula is C30H33F2N3O3. The lowest BCUT2D eigenvalue weighted by atomic mass is 9.79. The van der Waals surface area contributed by atoms with Gasteiger partial charge in [-0.15, -0.1) is 0 Å². The van der Waals surface area contributed by atoms with E-state index in [4.69, 9.17) is 9.40 Å². The topological polar surface area (TPSA) is 78.6 Å². The molecule has 3 heterocycles. The fraction of sp³-hybridized carbons (Fsp3) is 0.400. The van der Waals surface area contributed by atoms with Crippen LogP contribution in [0.1, 0.15) is 49.4 Å². The second-order valence-corrected chi connectivity index (χ2v) is 11.2. The first-order chi connectivity index (χ1) is 18.1. The summed E-state index contributed by atoms with van der Waals surface area (Å²) >= 11 is 0. The summed E-state index contributed by atoms with van der Waals surface area (Å²) in [4.78, 5) is 19.9. The third kappa shape index (κ3) is 4.78. The normalized spacial score (nSPS) is 24.4. The third-order valence-corrected chi connectivity index (χ3v) is 7.55. The van der Waals surface area contributed by atoms with Gasteiger partial charge in [0.05, 0.1) is 6.04 Å². The Labute approximate surface area is 221 Å². The summed E-state index contributed by atoms with van der Waals surface area (Å²) in [6, 6.07) is 12.8. The van der Waals surface area contributed by atoms with Crippen molar-refractivity contribution in [2.45, 2.75) is 51.6 Å². The molecule has 2 aromatic carbocycles. The molecule has 2 N–H and O–H groups in total. The van der Waals surface area contributed by atoms with Gasteiger partial charge in [0.15, 0.2) is 0 Å². The van der Waals surface area contributed by atoms with Gasteiger partial charge in [0.25, 0.3) is 5.91 Å². The average Bonchev–Trinajstić information content (AvgIpc) is 3.45. The van der Waals surface area contributed by atoms with Crippen LogP contribution in [0.25, 0.3) is 17.5 Å². The summed E-state index contributed by atoms with van der Waals surface area (Å²) in [7, 11) is 0. The molecule has 5 atom stereocenters. The Morgan fingerprint density at radius 3 is 2.68 bits per heavy atom. The molecule has 0 bridgehead atoms. The number of carbonyl (C=O) groups is 1. The van der Waals surface area contributed by atoms with Gasteiger partial charge in [-0.05, 0) is 28.7 Å². The van der Waals surface area contributed by atoms with E-state index in [1.54, 1.807) is 17.0 Å². The molecule has 2 saturated heterocycles. The minimum absolute atomic E-state index is 0.102. The minimum atomic E-state index is -1.36. The largest absolute Gasteiger partial charge is 0.440 e. The first-order valence-electron chi connectivity index (χ1n) is 12.9. The van der Waals surface area contributed by atoms with Crippen LogP contribution in [0, 0.1) is 17.2 Å². The van der Waals surface area contributed by atoms with Gasteiger partial charge in [0, 0.05) is 37.0 Å². The van der Waals surface area contributed by atoms with E-state index in [9.17, 15) is 18.7 Å². The van der Waals surface area contributed by atoms with Gasteiger partial charge >= 0.3 is 0 Å². The third-order valence-electron chi connectivity index (χ3n) is 7.55. The Morgan fingerprint density at radius 2 is 2.00 bits per heavy atom. The summed E-state index contributed by atoms with van der Waals surface area (Å²) in [5.74, 6) is -0.711. The molecule has 38 heavy (non-hydrogen) atoms. The maximum atomic E-state index is 14.8. The molecule has 0 saturated carbocycles. The predicted molar refractivity (Wildman–Crippen MR) is 141 cm³/mol. The standard InChI is InChI=1S/C30H33F2N3O3/c1-5-18-11-12-19(31)14-20(18)28-34-25(23(38-28)13-17-9-7-6-8-10-17)27(30(2,3)4)35-16-21-22(32)15-33-24(21)26(36)29(35)37/h5-12,14,21-22,24,26-27,33,36H,1,13,15-16H2,2-4H3. The zero-order valence-corrected chi connectivity index (χ0v) is 21.8. The van der Waals surface area contributed by atoms with Crippen molar-refractivity contribution < 1.29 is 23.1 Å². The van der Waals surface area contributed by atoms with Crippen molar-refractivity contribution >= 4 is 12.0 Å². The van der Waals surface area contributed by atoms with Crippen LogP contribution in [0.5, 0.6) is 0 Å². The zero-order chi connectivity index (χ0) is 27.2. The number of nitrogens with zero attached hydrogens (tertiary/aromatic N) is 2. The Morgan fingerprint density at radius 1 is 1.26 bits per heavy atom. The number of alkyl halides is 1. The van der Waals surface area contributed by atoms with Crippen LogP contribution in [0.2, 0.25) is 0 Å². The maximum absolute atomic E-state index is 14.8. The monoisotopic (exact) mass is 521 g/mol. The lowest BCUT2D eigenvalue weighted by Gasteiger charge is -2.46. The molecule has 2 aliphatic heterocycles. The van der Waals surface area contributed by atoms with Crippen LogP contribution < -0.4 is 5.32 Å². The molecule has 6 nitrogen and oxygen atoms in total. The van der Waals surface area contributed by atoms with E-state index in [0.717, 1.165) is 5.56 Å². The highest BCUT2D eigenvalue weighted by Crippen LogP contribution is 2.44. The minimum Gasteiger partial charge on any atom is -0.440 e. The van der Waals surface area contributed by atoms with Crippen LogP contribution in [0.15, 0.2) is 59.5 Å². The van der Waals surface area contributed by atoms with Crippen molar-refractivity contribution in [1.29, 1.82) is 0 Å². The molecule has 3 aromatic rings. The zero-order valence-electron chi connectivity index (χ0n) is 21.8. The number of aliphatic hydroxyl groups is 1. The number of benzene rings is 2. The van der Waals surface area contributed by atoms with E-state index < -0.39 is 47.4 Å². The first kappa shape index (κ1) is 26.3. The SMILES string of the molecule is C=Cc1ccc(F)cc1-c1nc(C(N2CC3C(F)CNC3C(O)C2=O)C(C)(C)C)c(Cc2ccccc2)o1. The molecular weight excluding hydrogens is 488 g/mol. The van der Waals surface area contributed by atoms with Gasteiger partial charge in [-0.3, -0.25) is 4.79 Å². The number of carbonyl (C=O) groups excluding carboxylic acids is 1. The van der Waals surface area contributed by atoms with Gasteiger partial charge in [-0.25, -0.2) is 13.8 Å². The van der Waals surface area contributed by atoms with Crippen molar-refractivity contribution in [3.8, 4) is 11.5 Å². The van der Waals surface area contributed by atoms with Crippen LogP contribution in [0.3, 0.4) is 0 Å². The number of likely N-dealkylation sites (tertiary alicyclic amines) is 1. The highest BCUT2D eigenvalue weighted by molar-refractivity contribution is 5.83. The van der Waals surface area contributed by atoms with Crippen LogP contribution in [-0.2, 0) is 11.2 Å². The lowest BCUT2D eigenvalue weighted by molar-refractivity contribution is -0.155. The Kier molecular flexibility index (Phi) is 6.96. The molecule has 1 amide bonds. The number of fused-ring (bicyclic) bond motifs is 1. The number of hydrogen-bond donors (Lipinski definition) is 2. The fourth-order valence-electron chi connectivity index (χ4n) is 5.74. The number of halogens is 2. The highest BCUT2D eigenvalue weighted by atomic mass is 19.1. The van der Waals surface area contributed by atoms with Crippen molar-refractivity contribution in [3.63, 3.8) is 0 Å². The summed E-state index contributed by atoms with van der Waals surface area (Å²) in [5.41, 5.74) is 2.03. The summed E-state index contributed by atoms with van der Waals surface area (Å²) in [5, 5.41) is 13.8. The molecule has 0 radical (unpaired) electrons. The van der Waals surface area contributed by atoms with Crippen molar-refractivity contribution in [2.75, 3.05) is 13.1 Å². The van der Waals surface area contributed by atoms with Crippen molar-refractivity contribution in [2.24, 2.45) is 11.3 Å². The van der Waals surface area contributed by atoms with Gasteiger partial charge in [0.2, 0.25) is 5.89 Å². The van der Waals surface area contributed by atoms with Crippen LogP contribution in [-0.4, -0.2) is 52.3 Å². The Bertz CT molecular complexity index is 1330. The van der Waals surface area contributed by atoms with E-state index in [1.807, 2.05) is 51.1 Å². The molecule has 8 heteroatoms. The maximum Gasteiger partial charge on any atom is 0.253 e. The lowest BCUT2D eigenvalue weighted by Crippen LogP contribution is -2.60. The number of oxazole rings is 1. The number of amides is 1. The number of hydrogen-bond acceptors (Lipinski definition) is 5. The van der Waals surface area contributed by atoms with Gasteiger partial charge in [0.1, 0.15) is 29.5 Å². The quantitative estimate of drug-likeness (QED) is 0.481. The molecule has 0 spiro atoms. The molecule has 5 rings (SSSR count). The first-order valence-corrected chi connectivity index (χ1v) is 12.9. The van der Waals surface area contributed by atoms with E-state index in [2.05, 4.69) is 11.9 Å². The second kappa shape index (κ2) is 10.1. The Balaban J connectivity index is 1.65. The highest BCUT2D eigenvalue weighted by Gasteiger charge is 2.52.